The summed E-state index contributed by atoms with van der Waals surface area (Å²) in [6.45, 7) is 1.45. The molecule has 21 heavy (non-hydrogen) atoms. The van der Waals surface area contributed by atoms with Gasteiger partial charge in [-0.25, -0.2) is 9.18 Å². The summed E-state index contributed by atoms with van der Waals surface area (Å²) in [5, 5.41) is 0. The molecule has 1 unspecified atom stereocenters. The van der Waals surface area contributed by atoms with Crippen molar-refractivity contribution in [2.24, 2.45) is 4.99 Å². The summed E-state index contributed by atoms with van der Waals surface area (Å²) in [6.07, 6.45) is 3.99. The van der Waals surface area contributed by atoms with Crippen LogP contribution in [0.5, 0.6) is 11.5 Å². The minimum absolute atomic E-state index is 0.432. The van der Waals surface area contributed by atoms with Crippen molar-refractivity contribution in [1.82, 2.24) is 0 Å². The topological polar surface area (TPSA) is 47.9 Å². The number of carbonyl (C=O) groups excluding carboxylic acids is 1. The predicted molar refractivity (Wildman–Crippen MR) is 77.3 cm³/mol. The van der Waals surface area contributed by atoms with Gasteiger partial charge >= 0.3 is 0 Å². The van der Waals surface area contributed by atoms with Gasteiger partial charge in [0.15, 0.2) is 0 Å². The number of hydrogen-bond donors (Lipinski definition) is 0. The van der Waals surface area contributed by atoms with E-state index in [0.717, 1.165) is 31.2 Å². The number of alkyl halides is 1. The molecule has 1 aliphatic rings. The van der Waals surface area contributed by atoms with Gasteiger partial charge in [-0.3, -0.25) is 0 Å². The Morgan fingerprint density at radius 3 is 2.33 bits per heavy atom. The van der Waals surface area contributed by atoms with Gasteiger partial charge in [-0.2, -0.15) is 4.99 Å². The Bertz CT molecular complexity index is 559. The lowest BCUT2D eigenvalue weighted by Gasteiger charge is -2.26. The third-order valence-corrected chi connectivity index (χ3v) is 4.17. The summed E-state index contributed by atoms with van der Waals surface area (Å²) >= 11 is 0. The second-order valence-electron chi connectivity index (χ2n) is 5.35. The molecule has 1 atom stereocenters. The van der Waals surface area contributed by atoms with Gasteiger partial charge in [0, 0.05) is 11.1 Å². The summed E-state index contributed by atoms with van der Waals surface area (Å²) in [5.74, 6) is 0.990. The first-order chi connectivity index (χ1) is 10.1. The Kier molecular flexibility index (Phi) is 4.63. The van der Waals surface area contributed by atoms with Crippen LogP contribution >= 0.6 is 0 Å². The molecule has 2 rings (SSSR count). The highest BCUT2D eigenvalue weighted by Crippen LogP contribution is 2.48. The highest BCUT2D eigenvalue weighted by Gasteiger charge is 2.39. The van der Waals surface area contributed by atoms with Gasteiger partial charge in [-0.05, 0) is 31.9 Å². The molecule has 1 aromatic carbocycles. The molecule has 0 aliphatic heterocycles. The largest absolute Gasteiger partial charge is 0.496 e. The molecule has 1 aromatic rings. The standard InChI is InChI=1S/C16H20FNO3/c1-11(17)12-8-15(21-3)13(9-14(12)20-2)16(18-10-19)6-4-5-7-16/h8-9,11H,4-7H2,1-3H3. The van der Waals surface area contributed by atoms with Crippen LogP contribution in [0.15, 0.2) is 17.1 Å². The van der Waals surface area contributed by atoms with Crippen LogP contribution in [-0.4, -0.2) is 20.3 Å². The molecule has 0 heterocycles. The lowest BCUT2D eigenvalue weighted by Crippen LogP contribution is -2.20. The average Bonchev–Trinajstić information content (AvgIpc) is 2.95. The van der Waals surface area contributed by atoms with Crippen LogP contribution in [0.4, 0.5) is 4.39 Å². The molecule has 4 nitrogen and oxygen atoms in total. The van der Waals surface area contributed by atoms with E-state index < -0.39 is 11.7 Å². The zero-order valence-electron chi connectivity index (χ0n) is 12.6. The first kappa shape index (κ1) is 15.5. The van der Waals surface area contributed by atoms with E-state index in [-0.39, 0.29) is 0 Å². The molecule has 0 saturated heterocycles. The molecule has 5 heteroatoms. The maximum atomic E-state index is 13.7. The van der Waals surface area contributed by atoms with E-state index >= 15 is 0 Å². The Balaban J connectivity index is 2.64. The Labute approximate surface area is 124 Å². The monoisotopic (exact) mass is 293 g/mol. The van der Waals surface area contributed by atoms with Crippen molar-refractivity contribution < 1.29 is 18.7 Å². The molecular formula is C16H20FNO3. The number of benzene rings is 1. The van der Waals surface area contributed by atoms with E-state index in [2.05, 4.69) is 4.99 Å². The number of nitrogens with zero attached hydrogens (tertiary/aromatic N) is 1. The third kappa shape index (κ3) is 2.79. The number of halogens is 1. The SMILES string of the molecule is COc1cc(C2(N=C=O)CCCC2)c(OC)cc1C(C)F. The van der Waals surface area contributed by atoms with E-state index in [9.17, 15) is 9.18 Å². The van der Waals surface area contributed by atoms with E-state index in [0.29, 0.717) is 17.1 Å². The molecule has 0 bridgehead atoms. The highest BCUT2D eigenvalue weighted by atomic mass is 19.1. The first-order valence-corrected chi connectivity index (χ1v) is 7.07. The molecule has 0 amide bonds. The van der Waals surface area contributed by atoms with Crippen molar-refractivity contribution >= 4 is 6.08 Å². The van der Waals surface area contributed by atoms with Gasteiger partial charge in [0.1, 0.15) is 23.2 Å². The summed E-state index contributed by atoms with van der Waals surface area (Å²) in [4.78, 5) is 14.9. The second-order valence-corrected chi connectivity index (χ2v) is 5.35. The van der Waals surface area contributed by atoms with Crippen LogP contribution in [-0.2, 0) is 10.3 Å². The lowest BCUT2D eigenvalue weighted by atomic mass is 9.86. The van der Waals surface area contributed by atoms with Crippen molar-refractivity contribution in [1.29, 1.82) is 0 Å². The average molecular weight is 293 g/mol. The van der Waals surface area contributed by atoms with Crippen molar-refractivity contribution in [3.63, 3.8) is 0 Å². The summed E-state index contributed by atoms with van der Waals surface area (Å²) in [5.41, 5.74) is 0.576. The quantitative estimate of drug-likeness (QED) is 0.612. The maximum Gasteiger partial charge on any atom is 0.235 e. The number of isocyanates is 1. The van der Waals surface area contributed by atoms with Crippen LogP contribution in [0.1, 0.15) is 49.9 Å². The van der Waals surface area contributed by atoms with Gasteiger partial charge in [0.25, 0.3) is 0 Å². The Morgan fingerprint density at radius 1 is 1.24 bits per heavy atom. The minimum atomic E-state index is -1.17. The van der Waals surface area contributed by atoms with Crippen molar-refractivity contribution in [3.05, 3.63) is 23.3 Å². The van der Waals surface area contributed by atoms with Gasteiger partial charge in [0.2, 0.25) is 6.08 Å². The second kappa shape index (κ2) is 6.27. The number of aliphatic imine (C=N–C) groups is 1. The molecule has 1 saturated carbocycles. The smallest absolute Gasteiger partial charge is 0.235 e. The van der Waals surface area contributed by atoms with E-state index in [4.69, 9.17) is 9.47 Å². The summed E-state index contributed by atoms with van der Waals surface area (Å²) in [6, 6.07) is 3.38. The van der Waals surface area contributed by atoms with Crippen molar-refractivity contribution in [3.8, 4) is 11.5 Å². The van der Waals surface area contributed by atoms with Gasteiger partial charge in [-0.15, -0.1) is 0 Å². The van der Waals surface area contributed by atoms with Crippen molar-refractivity contribution in [2.45, 2.75) is 44.3 Å². The first-order valence-electron chi connectivity index (χ1n) is 7.07. The Morgan fingerprint density at radius 2 is 1.86 bits per heavy atom. The molecule has 0 spiro atoms. The normalized spacial score (nSPS) is 17.9. The number of ether oxygens (including phenoxy) is 2. The minimum Gasteiger partial charge on any atom is -0.496 e. The fourth-order valence-electron chi connectivity index (χ4n) is 3.08. The van der Waals surface area contributed by atoms with E-state index in [1.165, 1.54) is 21.1 Å². The predicted octanol–water partition coefficient (Wildman–Crippen LogP) is 3.84. The van der Waals surface area contributed by atoms with Crippen LogP contribution in [0.3, 0.4) is 0 Å². The fraction of sp³-hybridized carbons (Fsp3) is 0.562. The third-order valence-electron chi connectivity index (χ3n) is 4.17. The zero-order valence-corrected chi connectivity index (χ0v) is 12.6. The number of rotatable bonds is 5. The summed E-state index contributed by atoms with van der Waals surface area (Å²) < 4.78 is 24.4. The van der Waals surface area contributed by atoms with E-state index in [1.54, 1.807) is 18.2 Å². The van der Waals surface area contributed by atoms with Gasteiger partial charge in [-0.1, -0.05) is 12.8 Å². The van der Waals surface area contributed by atoms with Crippen LogP contribution < -0.4 is 9.47 Å². The molecule has 0 aromatic heterocycles. The number of methoxy groups -OCH3 is 2. The molecule has 0 N–H and O–H groups in total. The molecule has 114 valence electrons. The zero-order chi connectivity index (χ0) is 15.5. The van der Waals surface area contributed by atoms with E-state index in [1.807, 2.05) is 0 Å². The summed E-state index contributed by atoms with van der Waals surface area (Å²) in [7, 11) is 3.03. The molecule has 1 fully saturated rings. The van der Waals surface area contributed by atoms with Crippen molar-refractivity contribution in [2.75, 3.05) is 14.2 Å². The lowest BCUT2D eigenvalue weighted by molar-refractivity contribution is 0.336. The fourth-order valence-corrected chi connectivity index (χ4v) is 3.08. The molecule has 1 aliphatic carbocycles. The van der Waals surface area contributed by atoms with Crippen LogP contribution in [0.2, 0.25) is 0 Å². The number of hydrogen-bond acceptors (Lipinski definition) is 4. The van der Waals surface area contributed by atoms with Gasteiger partial charge in [0.05, 0.1) is 14.2 Å². The Hall–Kier alpha value is -1.87. The van der Waals surface area contributed by atoms with Gasteiger partial charge < -0.3 is 9.47 Å². The molecular weight excluding hydrogens is 273 g/mol. The maximum absolute atomic E-state index is 13.7. The highest BCUT2D eigenvalue weighted by molar-refractivity contribution is 5.52. The molecule has 0 radical (unpaired) electrons. The van der Waals surface area contributed by atoms with Crippen LogP contribution in [0.25, 0.3) is 0 Å². The van der Waals surface area contributed by atoms with Crippen LogP contribution in [0, 0.1) is 0 Å².